The molecular weight excluding hydrogens is 340 g/mol. The number of methoxy groups -OCH3 is 1. The van der Waals surface area contributed by atoms with Crippen molar-refractivity contribution in [2.24, 2.45) is 7.05 Å². The van der Waals surface area contributed by atoms with Gasteiger partial charge in [0, 0.05) is 34.9 Å². The fraction of sp³-hybridized carbons (Fsp3) is 0.273. The number of hydrogen-bond acceptors (Lipinski definition) is 4. The summed E-state index contributed by atoms with van der Waals surface area (Å²) in [5.74, 6) is 0.423. The van der Waals surface area contributed by atoms with Gasteiger partial charge in [-0.1, -0.05) is 0 Å². The smallest absolute Gasteiger partial charge is 0.357 e. The van der Waals surface area contributed by atoms with Crippen molar-refractivity contribution in [3.05, 3.63) is 47.3 Å². The summed E-state index contributed by atoms with van der Waals surface area (Å²) < 4.78 is 12.9. The molecule has 4 aromatic rings. The lowest BCUT2D eigenvalue weighted by Gasteiger charge is -2.13. The summed E-state index contributed by atoms with van der Waals surface area (Å²) in [6.07, 6.45) is 1.68. The molecule has 0 saturated heterocycles. The Morgan fingerprint density at radius 3 is 2.59 bits per heavy atom. The molecule has 0 N–H and O–H groups in total. The number of aryl methyl sites for hydroxylation is 3. The van der Waals surface area contributed by atoms with E-state index < -0.39 is 0 Å². The number of ether oxygens (including phenoxy) is 2. The van der Waals surface area contributed by atoms with Crippen LogP contribution in [0.25, 0.3) is 32.6 Å². The van der Waals surface area contributed by atoms with Crippen LogP contribution in [0.15, 0.2) is 30.5 Å². The van der Waals surface area contributed by atoms with Crippen LogP contribution in [-0.4, -0.2) is 29.2 Å². The van der Waals surface area contributed by atoms with Gasteiger partial charge in [-0.3, -0.25) is 0 Å². The lowest BCUT2D eigenvalue weighted by atomic mass is 9.95. The number of hydrogen-bond donors (Lipinski definition) is 0. The van der Waals surface area contributed by atoms with Crippen LogP contribution in [0.1, 0.15) is 28.5 Å². The topological polar surface area (TPSA) is 53.4 Å². The van der Waals surface area contributed by atoms with Crippen molar-refractivity contribution in [2.45, 2.75) is 20.8 Å². The Hall–Kier alpha value is -3.08. The minimum Gasteiger partial charge on any atom is -0.497 e. The maximum Gasteiger partial charge on any atom is 0.357 e. The Bertz CT molecular complexity index is 1220. The molecule has 0 saturated carbocycles. The minimum atomic E-state index is -0.386. The van der Waals surface area contributed by atoms with Crippen LogP contribution < -0.4 is 4.74 Å². The molecule has 0 amide bonds. The van der Waals surface area contributed by atoms with E-state index in [9.17, 15) is 4.79 Å². The zero-order valence-corrected chi connectivity index (χ0v) is 16.2. The zero-order valence-electron chi connectivity index (χ0n) is 16.2. The second-order valence-corrected chi connectivity index (χ2v) is 6.72. The normalized spacial score (nSPS) is 11.4. The van der Waals surface area contributed by atoms with Crippen LogP contribution in [0.3, 0.4) is 0 Å². The average Bonchev–Trinajstić information content (AvgIpc) is 2.98. The molecule has 0 fully saturated rings. The van der Waals surface area contributed by atoms with Gasteiger partial charge in [0.15, 0.2) is 5.69 Å². The van der Waals surface area contributed by atoms with Crippen molar-refractivity contribution in [3.8, 4) is 5.75 Å². The number of rotatable bonds is 3. The van der Waals surface area contributed by atoms with Crippen molar-refractivity contribution in [2.75, 3.05) is 13.7 Å². The summed E-state index contributed by atoms with van der Waals surface area (Å²) in [6.45, 7) is 6.27. The highest BCUT2D eigenvalue weighted by Crippen LogP contribution is 2.40. The third-order valence-electron chi connectivity index (χ3n) is 5.34. The van der Waals surface area contributed by atoms with Crippen LogP contribution in [0, 0.1) is 13.8 Å². The molecule has 0 aliphatic heterocycles. The molecule has 0 spiro atoms. The van der Waals surface area contributed by atoms with Crippen molar-refractivity contribution in [3.63, 3.8) is 0 Å². The molecule has 2 aromatic carbocycles. The van der Waals surface area contributed by atoms with E-state index >= 15 is 0 Å². The van der Waals surface area contributed by atoms with Crippen molar-refractivity contribution in [1.82, 2.24) is 9.55 Å². The number of nitrogens with zero attached hydrogens (tertiary/aromatic N) is 2. The maximum absolute atomic E-state index is 12.5. The standard InChI is InChI=1S/C22H22N2O3/c1-6-27-22(25)20-18-13(3)19-16-11-14(26-5)7-8-17(16)24(4)21(19)12(2)15(18)9-10-23-20/h7-11H,6H2,1-5H3. The van der Waals surface area contributed by atoms with Gasteiger partial charge in [-0.05, 0) is 61.5 Å². The third-order valence-corrected chi connectivity index (χ3v) is 5.34. The first-order valence-corrected chi connectivity index (χ1v) is 9.00. The molecule has 0 atom stereocenters. The quantitative estimate of drug-likeness (QED) is 0.497. The highest BCUT2D eigenvalue weighted by Gasteiger charge is 2.22. The van der Waals surface area contributed by atoms with Gasteiger partial charge in [-0.25, -0.2) is 9.78 Å². The lowest BCUT2D eigenvalue weighted by Crippen LogP contribution is -2.09. The number of fused-ring (bicyclic) bond motifs is 4. The Morgan fingerprint density at radius 2 is 1.89 bits per heavy atom. The number of pyridine rings is 1. The summed E-state index contributed by atoms with van der Waals surface area (Å²) in [7, 11) is 3.74. The summed E-state index contributed by atoms with van der Waals surface area (Å²) in [6, 6.07) is 8.06. The Labute approximate surface area is 157 Å². The number of carbonyl (C=O) groups is 1. The second kappa shape index (κ2) is 6.27. The SMILES string of the molecule is CCOC(=O)c1nccc2c(C)c3c(c(C)c12)c1cc(OC)ccc1n3C. The van der Waals surface area contributed by atoms with E-state index in [4.69, 9.17) is 9.47 Å². The molecule has 4 rings (SSSR count). The largest absolute Gasteiger partial charge is 0.497 e. The van der Waals surface area contributed by atoms with Crippen LogP contribution >= 0.6 is 0 Å². The molecule has 27 heavy (non-hydrogen) atoms. The van der Waals surface area contributed by atoms with Crippen LogP contribution in [-0.2, 0) is 11.8 Å². The molecule has 0 unspecified atom stereocenters. The van der Waals surface area contributed by atoms with Gasteiger partial charge in [0.25, 0.3) is 0 Å². The average molecular weight is 362 g/mol. The van der Waals surface area contributed by atoms with Crippen LogP contribution in [0.2, 0.25) is 0 Å². The molecule has 2 aromatic heterocycles. The molecule has 2 heterocycles. The summed E-state index contributed by atoms with van der Waals surface area (Å²) in [5.41, 5.74) is 4.80. The molecule has 0 bridgehead atoms. The highest BCUT2D eigenvalue weighted by molar-refractivity contribution is 6.19. The summed E-state index contributed by atoms with van der Waals surface area (Å²) in [5, 5.41) is 4.11. The van der Waals surface area contributed by atoms with Crippen molar-refractivity contribution in [1.29, 1.82) is 0 Å². The van der Waals surface area contributed by atoms with E-state index in [1.807, 2.05) is 19.1 Å². The first kappa shape index (κ1) is 17.3. The number of esters is 1. The first-order valence-electron chi connectivity index (χ1n) is 9.00. The Morgan fingerprint density at radius 1 is 1.11 bits per heavy atom. The van der Waals surface area contributed by atoms with E-state index in [1.54, 1.807) is 20.2 Å². The zero-order chi connectivity index (χ0) is 19.3. The van der Waals surface area contributed by atoms with E-state index in [-0.39, 0.29) is 5.97 Å². The van der Waals surface area contributed by atoms with E-state index in [2.05, 4.69) is 35.7 Å². The van der Waals surface area contributed by atoms with E-state index in [0.29, 0.717) is 12.3 Å². The van der Waals surface area contributed by atoms with Crippen LogP contribution in [0.5, 0.6) is 5.75 Å². The third kappa shape index (κ3) is 2.38. The van der Waals surface area contributed by atoms with Gasteiger partial charge in [-0.15, -0.1) is 0 Å². The first-order chi connectivity index (χ1) is 13.0. The van der Waals surface area contributed by atoms with Gasteiger partial charge in [0.05, 0.1) is 19.2 Å². The van der Waals surface area contributed by atoms with Crippen LogP contribution in [0.4, 0.5) is 0 Å². The molecular formula is C22H22N2O3. The Kier molecular flexibility index (Phi) is 4.02. The number of aromatic nitrogens is 2. The van der Waals surface area contributed by atoms with Gasteiger partial charge >= 0.3 is 5.97 Å². The maximum atomic E-state index is 12.5. The Balaban J connectivity index is 2.23. The predicted octanol–water partition coefficient (Wildman–Crippen LogP) is 4.68. The second-order valence-electron chi connectivity index (χ2n) is 6.72. The minimum absolute atomic E-state index is 0.322. The lowest BCUT2D eigenvalue weighted by molar-refractivity contribution is 0.0522. The molecule has 0 radical (unpaired) electrons. The molecule has 0 aliphatic rings. The fourth-order valence-electron chi connectivity index (χ4n) is 4.13. The molecule has 0 aliphatic carbocycles. The van der Waals surface area contributed by atoms with Crippen molar-refractivity contribution < 1.29 is 14.3 Å². The van der Waals surface area contributed by atoms with Gasteiger partial charge < -0.3 is 14.0 Å². The molecule has 138 valence electrons. The number of benzene rings is 2. The van der Waals surface area contributed by atoms with Gasteiger partial charge in [0.2, 0.25) is 0 Å². The fourth-order valence-corrected chi connectivity index (χ4v) is 4.13. The summed E-state index contributed by atoms with van der Waals surface area (Å²) in [4.78, 5) is 16.9. The molecule has 5 nitrogen and oxygen atoms in total. The molecule has 5 heteroatoms. The van der Waals surface area contributed by atoms with Gasteiger partial charge in [0.1, 0.15) is 5.75 Å². The van der Waals surface area contributed by atoms with Gasteiger partial charge in [-0.2, -0.15) is 0 Å². The van der Waals surface area contributed by atoms with E-state index in [0.717, 1.165) is 49.5 Å². The number of carbonyl (C=O) groups excluding carboxylic acids is 1. The van der Waals surface area contributed by atoms with Crippen molar-refractivity contribution >= 4 is 38.5 Å². The summed E-state index contributed by atoms with van der Waals surface area (Å²) >= 11 is 0. The monoisotopic (exact) mass is 362 g/mol. The predicted molar refractivity (Wildman–Crippen MR) is 108 cm³/mol. The van der Waals surface area contributed by atoms with E-state index in [1.165, 1.54) is 0 Å². The highest BCUT2D eigenvalue weighted by atomic mass is 16.5.